The minimum absolute atomic E-state index is 0.297. The molecule has 0 aromatic carbocycles. The summed E-state index contributed by atoms with van der Waals surface area (Å²) in [7, 11) is 0. The summed E-state index contributed by atoms with van der Waals surface area (Å²) in [4.78, 5) is 7.18. The van der Waals surface area contributed by atoms with Gasteiger partial charge in [0.1, 0.15) is 0 Å². The molecule has 94 valence electrons. The molecule has 3 heteroatoms. The van der Waals surface area contributed by atoms with Gasteiger partial charge in [0.05, 0.1) is 17.5 Å². The molecule has 1 fully saturated rings. The molecule has 3 atom stereocenters. The second-order valence-electron chi connectivity index (χ2n) is 5.62. The van der Waals surface area contributed by atoms with Gasteiger partial charge in [-0.25, -0.2) is 0 Å². The van der Waals surface area contributed by atoms with Crippen LogP contribution in [0.3, 0.4) is 0 Å². The highest BCUT2D eigenvalue weighted by molar-refractivity contribution is 6.02. The van der Waals surface area contributed by atoms with E-state index >= 15 is 0 Å². The van der Waals surface area contributed by atoms with Crippen LogP contribution in [0.25, 0.3) is 0 Å². The molecule has 4 rings (SSSR count). The lowest BCUT2D eigenvalue weighted by atomic mass is 9.80. The Balaban J connectivity index is 1.82. The highest BCUT2D eigenvalue weighted by Gasteiger charge is 2.41. The van der Waals surface area contributed by atoms with Crippen molar-refractivity contribution in [3.63, 3.8) is 0 Å². The van der Waals surface area contributed by atoms with Gasteiger partial charge in [0.2, 0.25) is 0 Å². The van der Waals surface area contributed by atoms with Crippen molar-refractivity contribution in [2.75, 3.05) is 13.1 Å². The second kappa shape index (κ2) is 3.82. The van der Waals surface area contributed by atoms with Crippen molar-refractivity contribution in [3.8, 4) is 0 Å². The van der Waals surface area contributed by atoms with Crippen LogP contribution in [-0.2, 0) is 0 Å². The summed E-state index contributed by atoms with van der Waals surface area (Å²) >= 11 is 0. The summed E-state index contributed by atoms with van der Waals surface area (Å²) in [6.45, 7) is 2.17. The second-order valence-corrected chi connectivity index (χ2v) is 5.62. The smallest absolute Gasteiger partial charge is 0.0955 e. The first-order valence-corrected chi connectivity index (χ1v) is 6.95. The zero-order valence-electron chi connectivity index (χ0n) is 10.4. The minimum Gasteiger partial charge on any atom is -0.387 e. The van der Waals surface area contributed by atoms with Crippen molar-refractivity contribution in [1.82, 2.24) is 4.90 Å². The summed E-state index contributed by atoms with van der Waals surface area (Å²) in [5.74, 6) is 0.953. The van der Waals surface area contributed by atoms with Crippen molar-refractivity contribution in [3.05, 3.63) is 35.7 Å². The summed E-state index contributed by atoms with van der Waals surface area (Å²) in [5, 5.41) is 10.3. The van der Waals surface area contributed by atoms with E-state index in [1.165, 1.54) is 17.8 Å². The van der Waals surface area contributed by atoms with Gasteiger partial charge in [-0.1, -0.05) is 18.2 Å². The molecule has 0 aromatic rings. The van der Waals surface area contributed by atoms with Crippen LogP contribution >= 0.6 is 0 Å². The van der Waals surface area contributed by atoms with Gasteiger partial charge in [-0.2, -0.15) is 0 Å². The lowest BCUT2D eigenvalue weighted by Gasteiger charge is -2.41. The molecule has 0 aromatic heterocycles. The maximum absolute atomic E-state index is 10.3. The fourth-order valence-corrected chi connectivity index (χ4v) is 3.76. The van der Waals surface area contributed by atoms with Crippen LogP contribution in [0.15, 0.2) is 40.7 Å². The molecular formula is C15H18N2O. The van der Waals surface area contributed by atoms with E-state index in [-0.39, 0.29) is 6.10 Å². The van der Waals surface area contributed by atoms with E-state index in [4.69, 9.17) is 4.99 Å². The van der Waals surface area contributed by atoms with Crippen LogP contribution in [0.4, 0.5) is 0 Å². The van der Waals surface area contributed by atoms with Crippen molar-refractivity contribution < 1.29 is 5.11 Å². The number of aliphatic imine (C=N–C) groups is 1. The Bertz CT molecular complexity index is 501. The molecule has 0 amide bonds. The normalized spacial score (nSPS) is 37.3. The Labute approximate surface area is 107 Å². The van der Waals surface area contributed by atoms with E-state index in [1.54, 1.807) is 0 Å². The topological polar surface area (TPSA) is 35.8 Å². The largest absolute Gasteiger partial charge is 0.387 e. The zero-order valence-corrected chi connectivity index (χ0v) is 10.4. The number of nitrogens with zero attached hydrogens (tertiary/aromatic N) is 2. The fourth-order valence-electron chi connectivity index (χ4n) is 3.76. The zero-order chi connectivity index (χ0) is 12.1. The van der Waals surface area contributed by atoms with Crippen LogP contribution in [0.1, 0.15) is 19.3 Å². The number of allylic oxidation sites excluding steroid dienone is 5. The highest BCUT2D eigenvalue weighted by atomic mass is 16.3. The average Bonchev–Trinajstić information content (AvgIpc) is 2.77. The van der Waals surface area contributed by atoms with Crippen LogP contribution in [-0.4, -0.2) is 34.9 Å². The van der Waals surface area contributed by atoms with Gasteiger partial charge in [-0.3, -0.25) is 4.99 Å². The van der Waals surface area contributed by atoms with Crippen LogP contribution in [0.2, 0.25) is 0 Å². The monoisotopic (exact) mass is 242 g/mol. The summed E-state index contributed by atoms with van der Waals surface area (Å²) in [6.07, 6.45) is 11.4. The number of rotatable bonds is 0. The molecular weight excluding hydrogens is 224 g/mol. The molecule has 3 unspecified atom stereocenters. The highest BCUT2D eigenvalue weighted by Crippen LogP contribution is 2.43. The molecule has 4 aliphatic rings. The SMILES string of the molecule is OC1CCCN2CCC3C(=C12)N=C1C=CC=CC13. The first-order chi connectivity index (χ1) is 8.84. The van der Waals surface area contributed by atoms with Gasteiger partial charge < -0.3 is 10.0 Å². The van der Waals surface area contributed by atoms with Gasteiger partial charge >= 0.3 is 0 Å². The van der Waals surface area contributed by atoms with Gasteiger partial charge in [0.15, 0.2) is 0 Å². The average molecular weight is 242 g/mol. The van der Waals surface area contributed by atoms with E-state index in [0.29, 0.717) is 11.8 Å². The number of aliphatic hydroxyl groups excluding tert-OH is 1. The third-order valence-corrected chi connectivity index (χ3v) is 4.61. The molecule has 1 aliphatic carbocycles. The molecule has 18 heavy (non-hydrogen) atoms. The Morgan fingerprint density at radius 1 is 1.22 bits per heavy atom. The van der Waals surface area contributed by atoms with Crippen molar-refractivity contribution >= 4 is 5.71 Å². The predicted octanol–water partition coefficient (Wildman–Crippen LogP) is 1.87. The fraction of sp³-hybridized carbons (Fsp3) is 0.533. The molecule has 0 bridgehead atoms. The molecule has 0 radical (unpaired) electrons. The van der Waals surface area contributed by atoms with Crippen LogP contribution < -0.4 is 0 Å². The molecule has 1 N–H and O–H groups in total. The van der Waals surface area contributed by atoms with E-state index in [0.717, 1.165) is 31.6 Å². The van der Waals surface area contributed by atoms with E-state index < -0.39 is 0 Å². The van der Waals surface area contributed by atoms with Crippen molar-refractivity contribution in [2.45, 2.75) is 25.4 Å². The molecule has 0 saturated carbocycles. The molecule has 3 aliphatic heterocycles. The first-order valence-electron chi connectivity index (χ1n) is 6.95. The molecule has 3 nitrogen and oxygen atoms in total. The number of fused-ring (bicyclic) bond motifs is 4. The molecule has 1 saturated heterocycles. The quantitative estimate of drug-likeness (QED) is 0.704. The summed E-state index contributed by atoms with van der Waals surface area (Å²) in [6, 6.07) is 0. The lowest BCUT2D eigenvalue weighted by molar-refractivity contribution is 0.103. The Hall–Kier alpha value is -1.35. The van der Waals surface area contributed by atoms with Gasteiger partial charge in [0, 0.05) is 30.6 Å². The third-order valence-electron chi connectivity index (χ3n) is 4.61. The lowest BCUT2D eigenvalue weighted by Crippen LogP contribution is -2.42. The Kier molecular flexibility index (Phi) is 2.24. The summed E-state index contributed by atoms with van der Waals surface area (Å²) < 4.78 is 0. The van der Waals surface area contributed by atoms with Crippen molar-refractivity contribution in [2.24, 2.45) is 16.8 Å². The van der Waals surface area contributed by atoms with Crippen LogP contribution in [0.5, 0.6) is 0 Å². The number of hydrogen-bond acceptors (Lipinski definition) is 3. The molecule has 3 heterocycles. The minimum atomic E-state index is -0.297. The van der Waals surface area contributed by atoms with Gasteiger partial charge in [0.25, 0.3) is 0 Å². The Morgan fingerprint density at radius 2 is 2.17 bits per heavy atom. The number of hydrogen-bond donors (Lipinski definition) is 1. The van der Waals surface area contributed by atoms with E-state index in [2.05, 4.69) is 29.2 Å². The maximum Gasteiger partial charge on any atom is 0.0955 e. The molecule has 0 spiro atoms. The van der Waals surface area contributed by atoms with Gasteiger partial charge in [-0.15, -0.1) is 0 Å². The van der Waals surface area contributed by atoms with Gasteiger partial charge in [-0.05, 0) is 25.3 Å². The van der Waals surface area contributed by atoms with E-state index in [1.807, 2.05) is 0 Å². The van der Waals surface area contributed by atoms with Crippen LogP contribution in [0, 0.1) is 11.8 Å². The maximum atomic E-state index is 10.3. The van der Waals surface area contributed by atoms with E-state index in [9.17, 15) is 5.11 Å². The Morgan fingerprint density at radius 3 is 3.11 bits per heavy atom. The summed E-state index contributed by atoms with van der Waals surface area (Å²) in [5.41, 5.74) is 3.48. The number of piperidine rings is 1. The van der Waals surface area contributed by atoms with Crippen molar-refractivity contribution in [1.29, 1.82) is 0 Å². The third kappa shape index (κ3) is 1.37. The first kappa shape index (κ1) is 10.6. The number of aliphatic hydroxyl groups is 1. The standard InChI is InChI=1S/C15H18N2O/c18-13-6-3-8-17-9-7-11-10-4-1-2-5-12(10)16-14(11)15(13)17/h1-2,4-5,10-11,13,18H,3,6-9H2. The predicted molar refractivity (Wildman–Crippen MR) is 71.2 cm³/mol.